The number of fused-ring (bicyclic) bond motifs is 1. The predicted molar refractivity (Wildman–Crippen MR) is 154 cm³/mol. The van der Waals surface area contributed by atoms with E-state index in [2.05, 4.69) is 30.9 Å². The van der Waals surface area contributed by atoms with Crippen LogP contribution < -0.4 is 10.4 Å². The molecule has 0 aromatic heterocycles. The van der Waals surface area contributed by atoms with Gasteiger partial charge in [-0.25, -0.2) is 8.78 Å². The highest BCUT2D eigenvalue weighted by atomic mass is 35.5. The van der Waals surface area contributed by atoms with Crippen LogP contribution in [0.25, 0.3) is 16.9 Å². The Morgan fingerprint density at radius 3 is 2.38 bits per heavy atom. The van der Waals surface area contributed by atoms with E-state index in [0.717, 1.165) is 35.8 Å². The summed E-state index contributed by atoms with van der Waals surface area (Å²) in [6.07, 6.45) is 7.41. The van der Waals surface area contributed by atoms with Gasteiger partial charge in [0, 0.05) is 23.5 Å². The average Bonchev–Trinajstić information content (AvgIpc) is 3.11. The molecule has 1 radical (unpaired) electrons. The summed E-state index contributed by atoms with van der Waals surface area (Å²) in [5.41, 5.74) is 3.86. The number of para-hydroxylation sites is 1. The van der Waals surface area contributed by atoms with Crippen LogP contribution in [0.1, 0.15) is 51.5 Å². The molecule has 1 aliphatic carbocycles. The number of hydrogen-bond acceptors (Lipinski definition) is 2. The largest absolute Gasteiger partial charge is 0.508 e. The van der Waals surface area contributed by atoms with Gasteiger partial charge in [0.15, 0.2) is 18.9 Å². The van der Waals surface area contributed by atoms with Crippen LogP contribution in [0.4, 0.5) is 20.2 Å². The number of anilines is 2. The molecule has 2 aliphatic rings. The Morgan fingerprint density at radius 2 is 1.70 bits per heavy atom. The molecule has 193 valence electrons. The molecule has 1 fully saturated rings. The van der Waals surface area contributed by atoms with Crippen LogP contribution in [-0.4, -0.2) is 18.9 Å². The van der Waals surface area contributed by atoms with Crippen LogP contribution in [0.15, 0.2) is 61.2 Å². The molecule has 37 heavy (non-hydrogen) atoms. The van der Waals surface area contributed by atoms with E-state index in [1.807, 2.05) is 44.2 Å². The van der Waals surface area contributed by atoms with Crippen LogP contribution in [0, 0.1) is 23.5 Å². The molecule has 1 atom stereocenters. The smallest absolute Gasteiger partial charge is 0.169 e. The van der Waals surface area contributed by atoms with E-state index in [1.54, 1.807) is 0 Å². The molecule has 1 heterocycles. The summed E-state index contributed by atoms with van der Waals surface area (Å²) in [7, 11) is 2.27. The van der Waals surface area contributed by atoms with Gasteiger partial charge in [0.2, 0.25) is 0 Å². The molecule has 3 aromatic carbocycles. The monoisotopic (exact) mass is 520 g/mol. The van der Waals surface area contributed by atoms with Crippen molar-refractivity contribution in [2.24, 2.45) is 11.8 Å². The maximum Gasteiger partial charge on any atom is 0.169 e. The van der Waals surface area contributed by atoms with Crippen molar-refractivity contribution in [3.05, 3.63) is 83.4 Å². The number of rotatable bonds is 4. The summed E-state index contributed by atoms with van der Waals surface area (Å²) in [4.78, 5) is 2.35. The fraction of sp³-hybridized carbons (Fsp3) is 0.355. The summed E-state index contributed by atoms with van der Waals surface area (Å²) in [6.45, 7) is 8.28. The molecule has 1 unspecified atom stereocenters. The maximum atomic E-state index is 14.4. The van der Waals surface area contributed by atoms with Gasteiger partial charge in [0.05, 0.1) is 10.6 Å². The van der Waals surface area contributed by atoms with Crippen molar-refractivity contribution in [3.8, 4) is 11.1 Å². The molecule has 0 bridgehead atoms. The fourth-order valence-electron chi connectivity index (χ4n) is 5.64. The molecule has 0 saturated heterocycles. The zero-order chi connectivity index (χ0) is 26.5. The molecule has 6 heteroatoms. The summed E-state index contributed by atoms with van der Waals surface area (Å²) >= 11 is 6.77. The molecule has 2 nitrogen and oxygen atoms in total. The summed E-state index contributed by atoms with van der Waals surface area (Å²) in [5.74, 6) is -1.47. The molecule has 0 amide bonds. The lowest BCUT2D eigenvalue weighted by atomic mass is 9.60. The molecule has 1 saturated carbocycles. The first-order chi connectivity index (χ1) is 17.9. The molecule has 5 rings (SSSR count). The van der Waals surface area contributed by atoms with Gasteiger partial charge in [-0.05, 0) is 47.7 Å². The van der Waals surface area contributed by atoms with Crippen LogP contribution in [0.2, 0.25) is 11.3 Å². The Balaban J connectivity index is 0.00000156. The van der Waals surface area contributed by atoms with Gasteiger partial charge in [-0.2, -0.15) is 0 Å². The minimum Gasteiger partial charge on any atom is -0.508 e. The van der Waals surface area contributed by atoms with Crippen LogP contribution in [-0.2, 0) is 0 Å². The Kier molecular flexibility index (Phi) is 8.97. The SMILES string of the molecule is C=C(O)c1cc(-c2cc3c(cc2Cl)N(c2ccccc2)CC(C2CCCCC2)C[B]3)cc(F)c1F.CC. The zero-order valence-electron chi connectivity index (χ0n) is 21.6. The van der Waals surface area contributed by atoms with E-state index in [-0.39, 0.29) is 5.56 Å². The van der Waals surface area contributed by atoms with E-state index in [9.17, 15) is 13.9 Å². The second kappa shape index (κ2) is 12.2. The molecule has 0 spiro atoms. The lowest BCUT2D eigenvalue weighted by Crippen LogP contribution is -2.30. The summed E-state index contributed by atoms with van der Waals surface area (Å²) in [5, 5.41) is 10.2. The van der Waals surface area contributed by atoms with E-state index >= 15 is 0 Å². The third kappa shape index (κ3) is 5.88. The van der Waals surface area contributed by atoms with Crippen molar-refractivity contribution in [1.82, 2.24) is 0 Å². The molecule has 3 aromatic rings. The highest BCUT2D eigenvalue weighted by Gasteiger charge is 2.31. The van der Waals surface area contributed by atoms with E-state index in [1.165, 1.54) is 38.2 Å². The van der Waals surface area contributed by atoms with Crippen molar-refractivity contribution in [3.63, 3.8) is 0 Å². The Bertz CT molecular complexity index is 1240. The number of aliphatic hydroxyl groups is 1. The van der Waals surface area contributed by atoms with Crippen molar-refractivity contribution < 1.29 is 13.9 Å². The average molecular weight is 521 g/mol. The minimum atomic E-state index is -1.12. The van der Waals surface area contributed by atoms with Crippen molar-refractivity contribution in [2.45, 2.75) is 52.3 Å². The van der Waals surface area contributed by atoms with Crippen molar-refractivity contribution in [1.29, 1.82) is 0 Å². The standard InChI is InChI=1S/C29H28BClF2NO.C2H6/c1-18(35)23-12-20(13-27(32)29(23)33)24-14-25-28(15-26(24)31)34(22-10-6-3-7-11-22)17-21(16-30-25)19-8-4-2-5-9-19;1-2/h3,6-7,10-15,19,21,35H,1-2,4-5,8-9,16-17H2;1-2H3. The number of aliphatic hydroxyl groups excluding tert-OH is 1. The normalized spacial score (nSPS) is 17.6. The molecule has 1 N–H and O–H groups in total. The van der Waals surface area contributed by atoms with Gasteiger partial charge in [-0.3, -0.25) is 0 Å². The van der Waals surface area contributed by atoms with Gasteiger partial charge >= 0.3 is 0 Å². The second-order valence-corrected chi connectivity index (χ2v) is 10.1. The van der Waals surface area contributed by atoms with Crippen molar-refractivity contribution in [2.75, 3.05) is 11.4 Å². The second-order valence-electron chi connectivity index (χ2n) is 9.70. The highest BCUT2D eigenvalue weighted by molar-refractivity contribution is 6.56. The topological polar surface area (TPSA) is 23.5 Å². The summed E-state index contributed by atoms with van der Waals surface area (Å²) < 4.78 is 28.6. The molecular formula is C31H34BClF2NO. The molecular weight excluding hydrogens is 487 g/mol. The number of hydrogen-bond donors (Lipinski definition) is 1. The van der Waals surface area contributed by atoms with E-state index in [4.69, 9.17) is 11.6 Å². The van der Waals surface area contributed by atoms with Gasteiger partial charge in [0.1, 0.15) is 5.76 Å². The van der Waals surface area contributed by atoms with Gasteiger partial charge in [0.25, 0.3) is 0 Å². The van der Waals surface area contributed by atoms with Gasteiger partial charge in [-0.1, -0.05) is 100 Å². The Morgan fingerprint density at radius 1 is 1.00 bits per heavy atom. The van der Waals surface area contributed by atoms with E-state index < -0.39 is 17.4 Å². The lowest BCUT2D eigenvalue weighted by Gasteiger charge is -2.34. The molecule has 1 aliphatic heterocycles. The predicted octanol–water partition coefficient (Wildman–Crippen LogP) is 8.94. The zero-order valence-corrected chi connectivity index (χ0v) is 22.4. The first-order valence-electron chi connectivity index (χ1n) is 13.3. The third-order valence-electron chi connectivity index (χ3n) is 7.50. The van der Waals surface area contributed by atoms with Crippen molar-refractivity contribution >= 4 is 41.5 Å². The Labute approximate surface area is 225 Å². The van der Waals surface area contributed by atoms with Crippen LogP contribution in [0.3, 0.4) is 0 Å². The Hall–Kier alpha value is -2.79. The van der Waals surface area contributed by atoms with Gasteiger partial charge in [-0.15, -0.1) is 0 Å². The number of nitrogens with zero attached hydrogens (tertiary/aromatic N) is 1. The van der Waals surface area contributed by atoms with Crippen LogP contribution >= 0.6 is 11.6 Å². The third-order valence-corrected chi connectivity index (χ3v) is 7.81. The van der Waals surface area contributed by atoms with Crippen LogP contribution in [0.5, 0.6) is 0 Å². The maximum absolute atomic E-state index is 14.4. The quantitative estimate of drug-likeness (QED) is 0.274. The van der Waals surface area contributed by atoms with Gasteiger partial charge < -0.3 is 10.0 Å². The summed E-state index contributed by atoms with van der Waals surface area (Å²) in [6, 6.07) is 16.7. The number of benzene rings is 3. The first-order valence-corrected chi connectivity index (χ1v) is 13.7. The highest BCUT2D eigenvalue weighted by Crippen LogP contribution is 2.40. The number of halogens is 3. The van der Waals surface area contributed by atoms with E-state index in [0.29, 0.717) is 28.0 Å². The lowest BCUT2D eigenvalue weighted by molar-refractivity contribution is 0.269. The fourth-order valence-corrected chi connectivity index (χ4v) is 5.90. The first kappa shape index (κ1) is 27.3. The minimum absolute atomic E-state index is 0.265.